The van der Waals surface area contributed by atoms with Gasteiger partial charge in [-0.1, -0.05) is 66.2 Å². The third-order valence-corrected chi connectivity index (χ3v) is 6.94. The molecular formula is C29H25N3O4S. The molecule has 5 rings (SSSR count). The van der Waals surface area contributed by atoms with Crippen LogP contribution in [0.25, 0.3) is 0 Å². The van der Waals surface area contributed by atoms with Crippen molar-refractivity contribution in [1.29, 1.82) is 0 Å². The van der Waals surface area contributed by atoms with Crippen molar-refractivity contribution in [3.63, 3.8) is 0 Å². The summed E-state index contributed by atoms with van der Waals surface area (Å²) < 4.78 is 5.75. The van der Waals surface area contributed by atoms with Crippen LogP contribution in [0.1, 0.15) is 32.5 Å². The second kappa shape index (κ2) is 10.7. The number of anilines is 2. The summed E-state index contributed by atoms with van der Waals surface area (Å²) in [4.78, 5) is 41.0. The van der Waals surface area contributed by atoms with Crippen LogP contribution in [-0.4, -0.2) is 28.8 Å². The van der Waals surface area contributed by atoms with Gasteiger partial charge in [0.15, 0.2) is 12.1 Å². The van der Waals surface area contributed by atoms with E-state index in [0.717, 1.165) is 11.1 Å². The van der Waals surface area contributed by atoms with Crippen molar-refractivity contribution in [2.75, 3.05) is 10.6 Å². The zero-order valence-corrected chi connectivity index (χ0v) is 20.9. The standard InChI is InChI=1S/C29H25N3O4S/c1-19-7-5-8-20(17-19)18-32-25(28(34)31-22-9-3-2-4-10-22)26(36-29(32)35)21-12-14-23(15-13-21)30-27(33)24-11-6-16-37-24/h2-17,25-26H,18H2,1H3,(H,30,33)(H,31,34)/t25-,26+/m0/s1. The van der Waals surface area contributed by atoms with Gasteiger partial charge in [-0.25, -0.2) is 4.79 Å². The van der Waals surface area contributed by atoms with Gasteiger partial charge in [0, 0.05) is 11.4 Å². The molecule has 1 saturated heterocycles. The number of benzene rings is 3. The van der Waals surface area contributed by atoms with Gasteiger partial charge in [0.25, 0.3) is 11.8 Å². The van der Waals surface area contributed by atoms with E-state index >= 15 is 0 Å². The number of aryl methyl sites for hydroxylation is 1. The largest absolute Gasteiger partial charge is 0.438 e. The fourth-order valence-corrected chi connectivity index (χ4v) is 4.93. The zero-order valence-electron chi connectivity index (χ0n) is 20.1. The number of thiophene rings is 1. The van der Waals surface area contributed by atoms with Gasteiger partial charge in [0.05, 0.1) is 11.4 Å². The van der Waals surface area contributed by atoms with Crippen LogP contribution in [0.3, 0.4) is 0 Å². The predicted molar refractivity (Wildman–Crippen MR) is 144 cm³/mol. The fourth-order valence-electron chi connectivity index (χ4n) is 4.31. The van der Waals surface area contributed by atoms with E-state index in [1.165, 1.54) is 16.2 Å². The monoisotopic (exact) mass is 511 g/mol. The van der Waals surface area contributed by atoms with E-state index in [-0.39, 0.29) is 18.4 Å². The molecule has 0 saturated carbocycles. The maximum atomic E-state index is 13.5. The first-order chi connectivity index (χ1) is 18.0. The topological polar surface area (TPSA) is 87.7 Å². The quantitative estimate of drug-likeness (QED) is 0.318. The molecule has 1 fully saturated rings. The number of amides is 3. The van der Waals surface area contributed by atoms with Crippen LogP contribution < -0.4 is 10.6 Å². The van der Waals surface area contributed by atoms with Crippen molar-refractivity contribution in [2.45, 2.75) is 25.6 Å². The Balaban J connectivity index is 1.40. The molecule has 0 bridgehead atoms. The highest BCUT2D eigenvalue weighted by molar-refractivity contribution is 7.12. The molecule has 3 amide bonds. The van der Waals surface area contributed by atoms with E-state index in [0.29, 0.717) is 21.8 Å². The van der Waals surface area contributed by atoms with Crippen LogP contribution in [0, 0.1) is 6.92 Å². The second-order valence-electron chi connectivity index (χ2n) is 8.77. The van der Waals surface area contributed by atoms with Gasteiger partial charge in [-0.3, -0.25) is 14.5 Å². The molecule has 0 radical (unpaired) electrons. The molecule has 1 aliphatic rings. The van der Waals surface area contributed by atoms with Crippen molar-refractivity contribution >= 4 is 40.6 Å². The number of para-hydroxylation sites is 1. The first kappa shape index (κ1) is 24.3. The molecule has 0 aliphatic carbocycles. The van der Waals surface area contributed by atoms with Crippen molar-refractivity contribution in [1.82, 2.24) is 4.90 Å². The molecule has 37 heavy (non-hydrogen) atoms. The Labute approximate surface area is 218 Å². The number of ether oxygens (including phenoxy) is 1. The number of hydrogen-bond acceptors (Lipinski definition) is 5. The molecule has 1 aromatic heterocycles. The Hall–Kier alpha value is -4.43. The smallest absolute Gasteiger partial charge is 0.411 e. The molecule has 3 aromatic carbocycles. The predicted octanol–water partition coefficient (Wildman–Crippen LogP) is 6.01. The molecular weight excluding hydrogens is 486 g/mol. The average Bonchev–Trinajstić information content (AvgIpc) is 3.54. The molecule has 1 aliphatic heterocycles. The lowest BCUT2D eigenvalue weighted by molar-refractivity contribution is -0.121. The maximum absolute atomic E-state index is 13.5. The van der Waals surface area contributed by atoms with Crippen LogP contribution >= 0.6 is 11.3 Å². The third kappa shape index (κ3) is 5.54. The lowest BCUT2D eigenvalue weighted by Gasteiger charge is -2.24. The van der Waals surface area contributed by atoms with E-state index in [9.17, 15) is 14.4 Å². The van der Waals surface area contributed by atoms with Gasteiger partial charge < -0.3 is 15.4 Å². The number of carbonyl (C=O) groups is 3. The molecule has 0 spiro atoms. The lowest BCUT2D eigenvalue weighted by Crippen LogP contribution is -2.43. The minimum Gasteiger partial charge on any atom is -0.438 e. The van der Waals surface area contributed by atoms with Crippen LogP contribution in [0.4, 0.5) is 16.2 Å². The first-order valence-corrected chi connectivity index (χ1v) is 12.7. The number of hydrogen-bond donors (Lipinski definition) is 2. The lowest BCUT2D eigenvalue weighted by atomic mass is 10.00. The summed E-state index contributed by atoms with van der Waals surface area (Å²) >= 11 is 1.36. The van der Waals surface area contributed by atoms with Crippen molar-refractivity contribution in [3.8, 4) is 0 Å². The van der Waals surface area contributed by atoms with Crippen LogP contribution in [0.15, 0.2) is 96.4 Å². The van der Waals surface area contributed by atoms with E-state index in [4.69, 9.17) is 4.74 Å². The maximum Gasteiger partial charge on any atom is 0.411 e. The molecule has 4 aromatic rings. The number of carbonyl (C=O) groups excluding carboxylic acids is 3. The summed E-state index contributed by atoms with van der Waals surface area (Å²) in [7, 11) is 0. The Morgan fingerprint density at radius 3 is 2.35 bits per heavy atom. The van der Waals surface area contributed by atoms with Crippen molar-refractivity contribution < 1.29 is 19.1 Å². The molecule has 186 valence electrons. The first-order valence-electron chi connectivity index (χ1n) is 11.8. The minimum atomic E-state index is -0.889. The molecule has 8 heteroatoms. The zero-order chi connectivity index (χ0) is 25.8. The number of nitrogens with zero attached hydrogens (tertiary/aromatic N) is 1. The molecule has 2 heterocycles. The number of rotatable bonds is 7. The molecule has 2 atom stereocenters. The highest BCUT2D eigenvalue weighted by Gasteiger charge is 2.47. The van der Waals surface area contributed by atoms with Gasteiger partial charge in [-0.05, 0) is 53.8 Å². The van der Waals surface area contributed by atoms with E-state index in [1.54, 1.807) is 42.5 Å². The summed E-state index contributed by atoms with van der Waals surface area (Å²) in [6.45, 7) is 2.21. The number of nitrogens with one attached hydrogen (secondary N) is 2. The van der Waals surface area contributed by atoms with Crippen LogP contribution in [0.5, 0.6) is 0 Å². The fraction of sp³-hybridized carbons (Fsp3) is 0.138. The Morgan fingerprint density at radius 1 is 0.892 bits per heavy atom. The minimum absolute atomic E-state index is 0.195. The normalized spacial score (nSPS) is 16.8. The van der Waals surface area contributed by atoms with Crippen molar-refractivity contribution in [3.05, 3.63) is 118 Å². The summed E-state index contributed by atoms with van der Waals surface area (Å²) in [5.74, 6) is -0.538. The third-order valence-electron chi connectivity index (χ3n) is 6.07. The molecule has 0 unspecified atom stereocenters. The van der Waals surface area contributed by atoms with Crippen LogP contribution in [0.2, 0.25) is 0 Å². The average molecular weight is 512 g/mol. The summed E-state index contributed by atoms with van der Waals surface area (Å²) in [6, 6.07) is 26.6. The SMILES string of the molecule is Cc1cccc(CN2C(=O)O[C@H](c3ccc(NC(=O)c4cccs4)cc3)[C@H]2C(=O)Nc2ccccc2)c1. The van der Waals surface area contributed by atoms with Gasteiger partial charge >= 0.3 is 6.09 Å². The van der Waals surface area contributed by atoms with E-state index in [2.05, 4.69) is 10.6 Å². The van der Waals surface area contributed by atoms with Gasteiger partial charge in [0.2, 0.25) is 0 Å². The van der Waals surface area contributed by atoms with Gasteiger partial charge in [-0.2, -0.15) is 0 Å². The van der Waals surface area contributed by atoms with E-state index in [1.807, 2.05) is 60.8 Å². The Kier molecular flexibility index (Phi) is 7.00. The number of cyclic esters (lactones) is 1. The van der Waals surface area contributed by atoms with Crippen molar-refractivity contribution in [2.24, 2.45) is 0 Å². The molecule has 2 N–H and O–H groups in total. The van der Waals surface area contributed by atoms with Gasteiger partial charge in [0.1, 0.15) is 0 Å². The summed E-state index contributed by atoms with van der Waals surface area (Å²) in [5.41, 5.74) is 3.86. The van der Waals surface area contributed by atoms with Crippen LogP contribution in [-0.2, 0) is 16.1 Å². The van der Waals surface area contributed by atoms with Gasteiger partial charge in [-0.15, -0.1) is 11.3 Å². The Morgan fingerprint density at radius 2 is 1.65 bits per heavy atom. The van der Waals surface area contributed by atoms with E-state index < -0.39 is 18.2 Å². The highest BCUT2D eigenvalue weighted by atomic mass is 32.1. The Bertz CT molecular complexity index is 1400. The highest BCUT2D eigenvalue weighted by Crippen LogP contribution is 2.35. The molecule has 7 nitrogen and oxygen atoms in total. The summed E-state index contributed by atoms with van der Waals surface area (Å²) in [6.07, 6.45) is -1.38. The summed E-state index contributed by atoms with van der Waals surface area (Å²) in [5, 5.41) is 7.62. The second-order valence-corrected chi connectivity index (χ2v) is 9.72.